The lowest BCUT2D eigenvalue weighted by molar-refractivity contribution is -0.147. The Hall–Kier alpha value is -3.84. The lowest BCUT2D eigenvalue weighted by atomic mass is 9.96. The van der Waals surface area contributed by atoms with E-state index in [1.807, 2.05) is 6.07 Å². The highest BCUT2D eigenvalue weighted by atomic mass is 32.2. The van der Waals surface area contributed by atoms with Crippen LogP contribution in [0.5, 0.6) is 0 Å². The summed E-state index contributed by atoms with van der Waals surface area (Å²) in [5.41, 5.74) is 0.293. The summed E-state index contributed by atoms with van der Waals surface area (Å²) in [6.45, 7) is 6.25. The molecular formula is C30H33F3N4O5S. The van der Waals surface area contributed by atoms with Crippen molar-refractivity contribution in [1.29, 1.82) is 0 Å². The quantitative estimate of drug-likeness (QED) is 0.331. The molecule has 1 unspecified atom stereocenters. The largest absolute Gasteiger partial charge is 0.416 e. The number of nitrogens with zero attached hydrogens (tertiary/aromatic N) is 2. The molecule has 1 aliphatic rings. The van der Waals surface area contributed by atoms with Crippen molar-refractivity contribution in [2.24, 2.45) is 0 Å². The Kier molecular flexibility index (Phi) is 9.55. The van der Waals surface area contributed by atoms with E-state index in [0.717, 1.165) is 11.6 Å². The van der Waals surface area contributed by atoms with E-state index in [0.29, 0.717) is 5.69 Å². The van der Waals surface area contributed by atoms with Gasteiger partial charge in [0.25, 0.3) is 11.8 Å². The molecule has 2 heterocycles. The highest BCUT2D eigenvalue weighted by Crippen LogP contribution is 2.40. The topological polar surface area (TPSA) is 125 Å². The van der Waals surface area contributed by atoms with Crippen LogP contribution in [0.25, 0.3) is 0 Å². The highest BCUT2D eigenvalue weighted by Gasteiger charge is 2.50. The van der Waals surface area contributed by atoms with Gasteiger partial charge >= 0.3 is 6.18 Å². The number of alkyl halides is 3. The Morgan fingerprint density at radius 1 is 1.12 bits per heavy atom. The Bertz CT molecular complexity index is 1460. The van der Waals surface area contributed by atoms with Gasteiger partial charge in [-0.3, -0.25) is 14.4 Å². The van der Waals surface area contributed by atoms with E-state index in [1.54, 1.807) is 52.0 Å². The zero-order chi connectivity index (χ0) is 31.5. The van der Waals surface area contributed by atoms with Crippen LogP contribution >= 0.6 is 11.8 Å². The van der Waals surface area contributed by atoms with Gasteiger partial charge in [-0.2, -0.15) is 13.2 Å². The Labute approximate surface area is 251 Å². The van der Waals surface area contributed by atoms with Gasteiger partial charge in [-0.25, -0.2) is 0 Å². The van der Waals surface area contributed by atoms with Crippen LogP contribution in [0.1, 0.15) is 52.3 Å². The monoisotopic (exact) mass is 618 g/mol. The number of carbonyl (C=O) groups excluding carboxylic acids is 3. The van der Waals surface area contributed by atoms with Crippen LogP contribution in [0.2, 0.25) is 0 Å². The minimum absolute atomic E-state index is 0.0516. The summed E-state index contributed by atoms with van der Waals surface area (Å²) in [5, 5.41) is 20.5. The number of aliphatic hydroxyl groups is 1. The molecule has 0 aliphatic carbocycles. The molecule has 1 aromatic heterocycles. The van der Waals surface area contributed by atoms with Crippen molar-refractivity contribution in [3.8, 4) is 0 Å². The number of thioether (sulfide) groups is 1. The Morgan fingerprint density at radius 2 is 1.77 bits per heavy atom. The SMILES string of the molecule is Cc1noc(C)c1C(=O)N[C@@H](Cc1ccccc1)[C@H](O)C(=O)N1CSC(C)(C)C1C(=O)NCc1ccccc1C(F)(F)F. The number of aliphatic hydroxyl groups excluding tert-OH is 1. The van der Waals surface area contributed by atoms with E-state index >= 15 is 0 Å². The molecule has 2 aromatic carbocycles. The summed E-state index contributed by atoms with van der Waals surface area (Å²) in [4.78, 5) is 41.6. The van der Waals surface area contributed by atoms with Gasteiger partial charge in [-0.1, -0.05) is 53.7 Å². The van der Waals surface area contributed by atoms with Crippen LogP contribution < -0.4 is 10.6 Å². The molecule has 0 radical (unpaired) electrons. The lowest BCUT2D eigenvalue weighted by Gasteiger charge is -2.33. The summed E-state index contributed by atoms with van der Waals surface area (Å²) in [7, 11) is 0. The molecule has 13 heteroatoms. The van der Waals surface area contributed by atoms with Crippen molar-refractivity contribution in [2.75, 3.05) is 5.88 Å². The van der Waals surface area contributed by atoms with Crippen molar-refractivity contribution in [2.45, 2.75) is 69.8 Å². The van der Waals surface area contributed by atoms with Gasteiger partial charge < -0.3 is 25.2 Å². The third kappa shape index (κ3) is 7.21. The minimum atomic E-state index is -4.60. The van der Waals surface area contributed by atoms with Crippen LogP contribution in [-0.2, 0) is 28.7 Å². The average Bonchev–Trinajstić information content (AvgIpc) is 3.47. The van der Waals surface area contributed by atoms with E-state index in [-0.39, 0.29) is 29.2 Å². The van der Waals surface area contributed by atoms with E-state index in [2.05, 4.69) is 15.8 Å². The van der Waals surface area contributed by atoms with Crippen LogP contribution in [-0.4, -0.2) is 61.7 Å². The molecule has 3 aromatic rings. The number of aromatic nitrogens is 1. The molecule has 1 aliphatic heterocycles. The predicted octanol–water partition coefficient (Wildman–Crippen LogP) is 4.01. The molecule has 0 spiro atoms. The number of carbonyl (C=O) groups is 3. The first kappa shape index (κ1) is 32.1. The average molecular weight is 619 g/mol. The molecule has 3 amide bonds. The molecule has 230 valence electrons. The van der Waals surface area contributed by atoms with E-state index in [9.17, 15) is 32.7 Å². The smallest absolute Gasteiger partial charge is 0.381 e. The second-order valence-electron chi connectivity index (χ2n) is 10.9. The fourth-order valence-electron chi connectivity index (χ4n) is 5.14. The Balaban J connectivity index is 1.56. The molecule has 43 heavy (non-hydrogen) atoms. The van der Waals surface area contributed by atoms with Gasteiger partial charge in [-0.05, 0) is 51.3 Å². The molecule has 0 saturated carbocycles. The molecular weight excluding hydrogens is 585 g/mol. The number of aryl methyl sites for hydroxylation is 2. The van der Waals surface area contributed by atoms with E-state index in [4.69, 9.17) is 4.52 Å². The summed E-state index contributed by atoms with van der Waals surface area (Å²) >= 11 is 1.30. The van der Waals surface area contributed by atoms with Gasteiger partial charge in [0.15, 0.2) is 6.10 Å². The van der Waals surface area contributed by atoms with Crippen LogP contribution in [0, 0.1) is 13.8 Å². The fraction of sp³-hybridized carbons (Fsp3) is 0.400. The molecule has 1 saturated heterocycles. The summed E-state index contributed by atoms with van der Waals surface area (Å²) in [6.07, 6.45) is -6.25. The first-order valence-corrected chi connectivity index (χ1v) is 14.5. The van der Waals surface area contributed by atoms with Crippen LogP contribution in [0.15, 0.2) is 59.1 Å². The molecule has 3 atom stereocenters. The maximum absolute atomic E-state index is 13.8. The van der Waals surface area contributed by atoms with Crippen molar-refractivity contribution in [3.05, 3.63) is 88.3 Å². The number of rotatable bonds is 9. The molecule has 1 fully saturated rings. The minimum Gasteiger partial charge on any atom is -0.381 e. The number of hydrogen-bond donors (Lipinski definition) is 3. The second kappa shape index (κ2) is 12.8. The third-order valence-corrected chi connectivity index (χ3v) is 8.74. The van der Waals surface area contributed by atoms with Crippen molar-refractivity contribution >= 4 is 29.5 Å². The maximum atomic E-state index is 13.8. The normalized spacial score (nSPS) is 17.8. The summed E-state index contributed by atoms with van der Waals surface area (Å²) in [5.74, 6) is -1.72. The standard InChI is InChI=1S/C30H33F3N4O5S/c1-17-23(18(2)42-36-17)26(39)35-22(14-19-10-6-5-7-11-19)24(38)28(41)37-16-43-29(3,4)25(37)27(40)34-15-20-12-8-9-13-21(20)30(31,32)33/h5-13,22,24-25,38H,14-16H2,1-4H3,(H,34,40)(H,35,39)/t22-,24-,25?/m0/s1. The highest BCUT2D eigenvalue weighted by molar-refractivity contribution is 8.00. The summed E-state index contributed by atoms with van der Waals surface area (Å²) in [6, 6.07) is 11.7. The van der Waals surface area contributed by atoms with Gasteiger partial charge in [-0.15, -0.1) is 11.8 Å². The number of benzene rings is 2. The van der Waals surface area contributed by atoms with Gasteiger partial charge in [0.1, 0.15) is 17.4 Å². The zero-order valence-electron chi connectivity index (χ0n) is 24.1. The van der Waals surface area contributed by atoms with Crippen molar-refractivity contribution in [3.63, 3.8) is 0 Å². The number of hydrogen-bond acceptors (Lipinski definition) is 7. The van der Waals surface area contributed by atoms with Crippen molar-refractivity contribution in [1.82, 2.24) is 20.7 Å². The maximum Gasteiger partial charge on any atom is 0.416 e. The van der Waals surface area contributed by atoms with Crippen LogP contribution in [0.4, 0.5) is 13.2 Å². The molecule has 9 nitrogen and oxygen atoms in total. The first-order valence-electron chi connectivity index (χ1n) is 13.5. The fourth-order valence-corrected chi connectivity index (χ4v) is 6.28. The van der Waals surface area contributed by atoms with Gasteiger partial charge in [0.05, 0.1) is 23.2 Å². The first-order chi connectivity index (χ1) is 20.2. The number of nitrogens with one attached hydrogen (secondary N) is 2. The second-order valence-corrected chi connectivity index (χ2v) is 12.5. The summed E-state index contributed by atoms with van der Waals surface area (Å²) < 4.78 is 44.7. The van der Waals surface area contributed by atoms with E-state index < -0.39 is 58.9 Å². The van der Waals surface area contributed by atoms with Crippen LogP contribution in [0.3, 0.4) is 0 Å². The predicted molar refractivity (Wildman–Crippen MR) is 154 cm³/mol. The zero-order valence-corrected chi connectivity index (χ0v) is 24.9. The third-order valence-electron chi connectivity index (χ3n) is 7.36. The molecule has 3 N–H and O–H groups in total. The van der Waals surface area contributed by atoms with E-state index in [1.165, 1.54) is 34.9 Å². The Morgan fingerprint density at radius 3 is 2.40 bits per heavy atom. The number of halogens is 3. The lowest BCUT2D eigenvalue weighted by Crippen LogP contribution is -2.58. The molecule has 4 rings (SSSR count). The number of amides is 3. The van der Waals surface area contributed by atoms with Crippen molar-refractivity contribution < 1.29 is 37.2 Å². The van der Waals surface area contributed by atoms with Gasteiger partial charge in [0.2, 0.25) is 5.91 Å². The molecule has 0 bridgehead atoms. The van der Waals surface area contributed by atoms with Gasteiger partial charge in [0, 0.05) is 11.3 Å².